The van der Waals surface area contributed by atoms with Crippen LogP contribution in [0, 0.1) is 6.92 Å². The van der Waals surface area contributed by atoms with Gasteiger partial charge in [-0.1, -0.05) is 12.1 Å². The molecule has 0 radical (unpaired) electrons. The van der Waals surface area contributed by atoms with Crippen LogP contribution in [0.2, 0.25) is 0 Å². The molecule has 24 heavy (non-hydrogen) atoms. The highest BCUT2D eigenvalue weighted by Gasteiger charge is 2.18. The monoisotopic (exact) mass is 326 g/mol. The molecule has 0 spiro atoms. The number of ether oxygens (including phenoxy) is 3. The molecule has 0 aliphatic carbocycles. The first-order chi connectivity index (χ1) is 11.6. The highest BCUT2D eigenvalue weighted by molar-refractivity contribution is 5.93. The predicted molar refractivity (Wildman–Crippen MR) is 88.6 cm³/mol. The van der Waals surface area contributed by atoms with E-state index in [1.807, 2.05) is 35.9 Å². The van der Waals surface area contributed by atoms with Crippen molar-refractivity contribution in [1.29, 1.82) is 0 Å². The quantitative estimate of drug-likeness (QED) is 0.675. The number of fused-ring (bicyclic) bond motifs is 1. The number of nitrogens with zero attached hydrogens (tertiary/aromatic N) is 2. The molecule has 2 aromatic heterocycles. The Bertz CT molecular complexity index is 886. The van der Waals surface area contributed by atoms with Gasteiger partial charge in [0.25, 0.3) is 0 Å². The molecule has 6 nitrogen and oxygen atoms in total. The third-order valence-corrected chi connectivity index (χ3v) is 3.70. The van der Waals surface area contributed by atoms with Gasteiger partial charge in [0.2, 0.25) is 0 Å². The van der Waals surface area contributed by atoms with Crippen LogP contribution >= 0.6 is 0 Å². The summed E-state index contributed by atoms with van der Waals surface area (Å²) in [5, 5.41) is 0. The van der Waals surface area contributed by atoms with E-state index in [0.29, 0.717) is 17.1 Å². The Hall–Kier alpha value is -3.02. The fourth-order valence-electron chi connectivity index (χ4n) is 2.52. The Labute approximate surface area is 139 Å². The second-order valence-corrected chi connectivity index (χ2v) is 5.27. The molecule has 0 bridgehead atoms. The smallest absolute Gasteiger partial charge is 0.341 e. The third kappa shape index (κ3) is 2.90. The topological polar surface area (TPSA) is 62.1 Å². The van der Waals surface area contributed by atoms with E-state index in [9.17, 15) is 4.79 Å². The van der Waals surface area contributed by atoms with E-state index in [4.69, 9.17) is 14.2 Å². The van der Waals surface area contributed by atoms with Crippen LogP contribution in [0.4, 0.5) is 0 Å². The SMILES string of the molecule is COC(=O)c1cccc(OC)c1OCc1cn2cccc(C)c2n1. The number of esters is 1. The number of aromatic nitrogens is 2. The Morgan fingerprint density at radius 2 is 2.04 bits per heavy atom. The zero-order valence-electron chi connectivity index (χ0n) is 13.8. The average Bonchev–Trinajstić information content (AvgIpc) is 3.03. The number of rotatable bonds is 5. The van der Waals surface area contributed by atoms with E-state index in [0.717, 1.165) is 16.9 Å². The van der Waals surface area contributed by atoms with Gasteiger partial charge < -0.3 is 18.6 Å². The Morgan fingerprint density at radius 3 is 2.75 bits per heavy atom. The van der Waals surface area contributed by atoms with Gasteiger partial charge in [-0.25, -0.2) is 9.78 Å². The molecule has 3 rings (SSSR count). The van der Waals surface area contributed by atoms with Crippen molar-refractivity contribution >= 4 is 11.6 Å². The lowest BCUT2D eigenvalue weighted by Crippen LogP contribution is -2.07. The van der Waals surface area contributed by atoms with Crippen molar-refractivity contribution in [3.63, 3.8) is 0 Å². The van der Waals surface area contributed by atoms with Crippen molar-refractivity contribution in [2.24, 2.45) is 0 Å². The molecule has 0 fully saturated rings. The zero-order valence-corrected chi connectivity index (χ0v) is 13.8. The third-order valence-electron chi connectivity index (χ3n) is 3.70. The van der Waals surface area contributed by atoms with Crippen LogP contribution in [0.1, 0.15) is 21.6 Å². The summed E-state index contributed by atoms with van der Waals surface area (Å²) in [7, 11) is 2.86. The summed E-state index contributed by atoms with van der Waals surface area (Å²) in [6, 6.07) is 9.05. The fraction of sp³-hybridized carbons (Fsp3) is 0.222. The number of pyridine rings is 1. The van der Waals surface area contributed by atoms with E-state index < -0.39 is 5.97 Å². The molecule has 0 aliphatic rings. The second kappa shape index (κ2) is 6.62. The molecule has 0 unspecified atom stereocenters. The van der Waals surface area contributed by atoms with Gasteiger partial charge in [-0.15, -0.1) is 0 Å². The van der Waals surface area contributed by atoms with Gasteiger partial charge in [-0.2, -0.15) is 0 Å². The maximum atomic E-state index is 11.9. The number of carbonyl (C=O) groups is 1. The summed E-state index contributed by atoms with van der Waals surface area (Å²) in [4.78, 5) is 16.5. The van der Waals surface area contributed by atoms with E-state index in [1.165, 1.54) is 14.2 Å². The maximum Gasteiger partial charge on any atom is 0.341 e. The van der Waals surface area contributed by atoms with E-state index in [2.05, 4.69) is 4.98 Å². The lowest BCUT2D eigenvalue weighted by Gasteiger charge is -2.13. The van der Waals surface area contributed by atoms with E-state index >= 15 is 0 Å². The molecule has 0 aliphatic heterocycles. The molecule has 0 atom stereocenters. The number of para-hydroxylation sites is 1. The summed E-state index contributed by atoms with van der Waals surface area (Å²) in [5.41, 5.74) is 3.03. The normalized spacial score (nSPS) is 10.6. The molecular formula is C18H18N2O4. The molecule has 1 aromatic carbocycles. The summed E-state index contributed by atoms with van der Waals surface area (Å²) in [6.45, 7) is 2.22. The van der Waals surface area contributed by atoms with Gasteiger partial charge >= 0.3 is 5.97 Å². The van der Waals surface area contributed by atoms with Crippen molar-refractivity contribution in [2.75, 3.05) is 14.2 Å². The minimum Gasteiger partial charge on any atom is -0.493 e. The standard InChI is InChI=1S/C18H18N2O4/c1-12-6-5-9-20-10-13(19-17(12)20)11-24-16-14(18(21)23-3)7-4-8-15(16)22-2/h4-10H,11H2,1-3H3. The first-order valence-electron chi connectivity index (χ1n) is 7.45. The lowest BCUT2D eigenvalue weighted by atomic mass is 10.2. The van der Waals surface area contributed by atoms with Crippen molar-refractivity contribution in [1.82, 2.24) is 9.38 Å². The van der Waals surface area contributed by atoms with Crippen molar-refractivity contribution in [2.45, 2.75) is 13.5 Å². The fourth-order valence-corrected chi connectivity index (χ4v) is 2.52. The summed E-state index contributed by atoms with van der Waals surface area (Å²) < 4.78 is 17.9. The number of benzene rings is 1. The second-order valence-electron chi connectivity index (χ2n) is 5.27. The molecule has 0 amide bonds. The van der Waals surface area contributed by atoms with E-state index in [1.54, 1.807) is 18.2 Å². The minimum absolute atomic E-state index is 0.214. The molecular weight excluding hydrogens is 308 g/mol. The number of methoxy groups -OCH3 is 2. The van der Waals surface area contributed by atoms with E-state index in [-0.39, 0.29) is 6.61 Å². The number of hydrogen-bond donors (Lipinski definition) is 0. The lowest BCUT2D eigenvalue weighted by molar-refractivity contribution is 0.0594. The molecule has 6 heteroatoms. The minimum atomic E-state index is -0.477. The number of aryl methyl sites for hydroxylation is 1. The molecule has 124 valence electrons. The highest BCUT2D eigenvalue weighted by atomic mass is 16.5. The largest absolute Gasteiger partial charge is 0.493 e. The first-order valence-corrected chi connectivity index (χ1v) is 7.45. The van der Waals surface area contributed by atoms with Crippen LogP contribution in [-0.4, -0.2) is 29.6 Å². The van der Waals surface area contributed by atoms with Crippen LogP contribution < -0.4 is 9.47 Å². The molecule has 0 saturated heterocycles. The van der Waals surface area contributed by atoms with Crippen molar-refractivity contribution in [3.8, 4) is 11.5 Å². The van der Waals surface area contributed by atoms with Crippen molar-refractivity contribution < 1.29 is 19.0 Å². The maximum absolute atomic E-state index is 11.9. The highest BCUT2D eigenvalue weighted by Crippen LogP contribution is 2.32. The van der Waals surface area contributed by atoms with Crippen molar-refractivity contribution in [3.05, 3.63) is 59.5 Å². The van der Waals surface area contributed by atoms with Gasteiger partial charge in [0.05, 0.1) is 19.9 Å². The van der Waals surface area contributed by atoms with Gasteiger partial charge in [-0.05, 0) is 30.7 Å². The number of carbonyl (C=O) groups excluding carboxylic acids is 1. The van der Waals surface area contributed by atoms with Crippen LogP contribution in [0.25, 0.3) is 5.65 Å². The van der Waals surface area contributed by atoms with Crippen LogP contribution in [-0.2, 0) is 11.3 Å². The molecule has 2 heterocycles. The van der Waals surface area contributed by atoms with Crippen LogP contribution in [0.5, 0.6) is 11.5 Å². The Morgan fingerprint density at radius 1 is 1.21 bits per heavy atom. The van der Waals surface area contributed by atoms with Gasteiger partial charge in [0, 0.05) is 12.4 Å². The van der Waals surface area contributed by atoms with Gasteiger partial charge in [0.1, 0.15) is 17.8 Å². The van der Waals surface area contributed by atoms with Crippen LogP contribution in [0.3, 0.4) is 0 Å². The Balaban J connectivity index is 1.90. The summed E-state index contributed by atoms with van der Waals surface area (Å²) in [6.07, 6.45) is 3.83. The van der Waals surface area contributed by atoms with Crippen LogP contribution in [0.15, 0.2) is 42.7 Å². The molecule has 0 saturated carbocycles. The summed E-state index contributed by atoms with van der Waals surface area (Å²) >= 11 is 0. The predicted octanol–water partition coefficient (Wildman–Crippen LogP) is 3.02. The molecule has 0 N–H and O–H groups in total. The number of imidazole rings is 1. The first kappa shape index (κ1) is 15.9. The molecule has 3 aromatic rings. The number of hydrogen-bond acceptors (Lipinski definition) is 5. The van der Waals surface area contributed by atoms with Gasteiger partial charge in [0.15, 0.2) is 11.5 Å². The Kier molecular flexibility index (Phi) is 4.37. The average molecular weight is 326 g/mol. The van der Waals surface area contributed by atoms with Gasteiger partial charge in [-0.3, -0.25) is 0 Å². The summed E-state index contributed by atoms with van der Waals surface area (Å²) in [5.74, 6) is 0.341. The zero-order chi connectivity index (χ0) is 17.1.